The van der Waals surface area contributed by atoms with E-state index in [0.717, 1.165) is 60.2 Å². The first-order valence-corrected chi connectivity index (χ1v) is 9.50. The summed E-state index contributed by atoms with van der Waals surface area (Å²) in [6, 6.07) is 7.82. The zero-order valence-electron chi connectivity index (χ0n) is 15.5. The Labute approximate surface area is 164 Å². The van der Waals surface area contributed by atoms with Crippen LogP contribution in [-0.2, 0) is 6.54 Å². The highest BCUT2D eigenvalue weighted by molar-refractivity contribution is 6.30. The van der Waals surface area contributed by atoms with Crippen LogP contribution in [0, 0.1) is 0 Å². The molecule has 7 heteroatoms. The molecule has 3 aromatic rings. The van der Waals surface area contributed by atoms with Crippen LogP contribution in [0.25, 0.3) is 11.0 Å². The van der Waals surface area contributed by atoms with Gasteiger partial charge in [-0.3, -0.25) is 4.90 Å². The maximum Gasteiger partial charge on any atom is 0.163 e. The number of rotatable bonds is 5. The number of fused-ring (bicyclic) bond motifs is 1. The van der Waals surface area contributed by atoms with Gasteiger partial charge < -0.3 is 4.90 Å². The van der Waals surface area contributed by atoms with Crippen molar-refractivity contribution in [1.29, 1.82) is 0 Å². The normalized spacial score (nSPS) is 15.4. The Hall–Kier alpha value is -2.44. The van der Waals surface area contributed by atoms with E-state index >= 15 is 0 Å². The molecule has 0 saturated carbocycles. The third kappa shape index (κ3) is 3.96. The largest absolute Gasteiger partial charge is 0.353 e. The SMILES string of the molecule is C=C(C)CN1CCN(c2ncnc3c2cnn3Cc2ccc(Cl)cc2)CC1. The smallest absolute Gasteiger partial charge is 0.163 e. The van der Waals surface area contributed by atoms with Gasteiger partial charge in [-0.15, -0.1) is 0 Å². The Balaban J connectivity index is 1.54. The first-order chi connectivity index (χ1) is 13.1. The van der Waals surface area contributed by atoms with Crippen molar-refractivity contribution in [2.24, 2.45) is 0 Å². The summed E-state index contributed by atoms with van der Waals surface area (Å²) in [6.45, 7) is 11.6. The van der Waals surface area contributed by atoms with Gasteiger partial charge in [0.15, 0.2) is 5.65 Å². The molecule has 3 heterocycles. The molecule has 0 amide bonds. The predicted molar refractivity (Wildman–Crippen MR) is 109 cm³/mol. The van der Waals surface area contributed by atoms with Gasteiger partial charge in [-0.2, -0.15) is 5.10 Å². The van der Waals surface area contributed by atoms with E-state index < -0.39 is 0 Å². The molecule has 140 valence electrons. The van der Waals surface area contributed by atoms with E-state index in [1.807, 2.05) is 35.1 Å². The molecule has 0 unspecified atom stereocenters. The summed E-state index contributed by atoms with van der Waals surface area (Å²) in [4.78, 5) is 13.8. The minimum Gasteiger partial charge on any atom is -0.353 e. The highest BCUT2D eigenvalue weighted by atomic mass is 35.5. The molecule has 1 aromatic carbocycles. The van der Waals surface area contributed by atoms with Gasteiger partial charge in [0.25, 0.3) is 0 Å². The van der Waals surface area contributed by atoms with Crippen LogP contribution < -0.4 is 4.90 Å². The summed E-state index contributed by atoms with van der Waals surface area (Å²) < 4.78 is 1.92. The van der Waals surface area contributed by atoms with Crippen molar-refractivity contribution in [3.63, 3.8) is 0 Å². The van der Waals surface area contributed by atoms with Crippen LogP contribution in [0.4, 0.5) is 5.82 Å². The van der Waals surface area contributed by atoms with E-state index in [2.05, 4.69) is 38.4 Å². The fourth-order valence-corrected chi connectivity index (χ4v) is 3.64. The molecular weight excluding hydrogens is 360 g/mol. The fraction of sp³-hybridized carbons (Fsp3) is 0.350. The molecule has 0 N–H and O–H groups in total. The molecule has 0 radical (unpaired) electrons. The zero-order valence-corrected chi connectivity index (χ0v) is 16.2. The topological polar surface area (TPSA) is 50.1 Å². The molecule has 0 atom stereocenters. The van der Waals surface area contributed by atoms with Crippen LogP contribution >= 0.6 is 11.6 Å². The summed E-state index contributed by atoms with van der Waals surface area (Å²) in [5.74, 6) is 0.970. The number of aromatic nitrogens is 4. The van der Waals surface area contributed by atoms with Gasteiger partial charge in [0.05, 0.1) is 18.1 Å². The average Bonchev–Trinajstić information content (AvgIpc) is 3.07. The lowest BCUT2D eigenvalue weighted by atomic mass is 10.2. The van der Waals surface area contributed by atoms with Crippen LogP contribution in [0.5, 0.6) is 0 Å². The molecule has 27 heavy (non-hydrogen) atoms. The quantitative estimate of drug-likeness (QED) is 0.634. The Morgan fingerprint density at radius 2 is 1.85 bits per heavy atom. The minimum atomic E-state index is 0.656. The molecule has 1 aliphatic heterocycles. The minimum absolute atomic E-state index is 0.656. The predicted octanol–water partition coefficient (Wildman–Crippen LogP) is 3.23. The number of anilines is 1. The van der Waals surface area contributed by atoms with E-state index in [1.54, 1.807) is 6.33 Å². The zero-order chi connectivity index (χ0) is 18.8. The van der Waals surface area contributed by atoms with Gasteiger partial charge in [-0.25, -0.2) is 14.6 Å². The molecule has 1 fully saturated rings. The summed E-state index contributed by atoms with van der Waals surface area (Å²) >= 11 is 5.98. The van der Waals surface area contributed by atoms with Crippen molar-refractivity contribution in [2.75, 3.05) is 37.6 Å². The lowest BCUT2D eigenvalue weighted by Gasteiger charge is -2.35. The lowest BCUT2D eigenvalue weighted by molar-refractivity contribution is 0.278. The Kier molecular flexibility index (Phi) is 5.09. The second-order valence-electron chi connectivity index (χ2n) is 7.08. The molecule has 1 saturated heterocycles. The van der Waals surface area contributed by atoms with Crippen LogP contribution in [0.2, 0.25) is 5.02 Å². The Morgan fingerprint density at radius 1 is 1.11 bits per heavy atom. The van der Waals surface area contributed by atoms with Crippen molar-refractivity contribution in [3.8, 4) is 0 Å². The van der Waals surface area contributed by atoms with E-state index in [-0.39, 0.29) is 0 Å². The van der Waals surface area contributed by atoms with Crippen LogP contribution in [0.1, 0.15) is 12.5 Å². The lowest BCUT2D eigenvalue weighted by Crippen LogP contribution is -2.47. The monoisotopic (exact) mass is 382 g/mol. The summed E-state index contributed by atoms with van der Waals surface area (Å²) in [7, 11) is 0. The van der Waals surface area contributed by atoms with Crippen molar-refractivity contribution in [3.05, 3.63) is 59.5 Å². The van der Waals surface area contributed by atoms with E-state index in [9.17, 15) is 0 Å². The third-order valence-corrected chi connectivity index (χ3v) is 5.08. The molecule has 0 spiro atoms. The van der Waals surface area contributed by atoms with Gasteiger partial charge in [0.2, 0.25) is 0 Å². The number of benzene rings is 1. The third-order valence-electron chi connectivity index (χ3n) is 4.82. The first kappa shape index (κ1) is 17.9. The van der Waals surface area contributed by atoms with Crippen molar-refractivity contribution < 1.29 is 0 Å². The van der Waals surface area contributed by atoms with Gasteiger partial charge in [0.1, 0.15) is 12.1 Å². The number of halogens is 1. The highest BCUT2D eigenvalue weighted by Crippen LogP contribution is 2.24. The van der Waals surface area contributed by atoms with E-state index in [4.69, 9.17) is 11.6 Å². The number of hydrogen-bond donors (Lipinski definition) is 0. The molecule has 1 aliphatic rings. The van der Waals surface area contributed by atoms with Gasteiger partial charge >= 0.3 is 0 Å². The maximum absolute atomic E-state index is 5.98. The Bertz CT molecular complexity index is 941. The van der Waals surface area contributed by atoms with Crippen molar-refractivity contribution >= 4 is 28.5 Å². The number of hydrogen-bond acceptors (Lipinski definition) is 5. The van der Waals surface area contributed by atoms with Gasteiger partial charge in [0, 0.05) is 37.7 Å². The van der Waals surface area contributed by atoms with Gasteiger partial charge in [-0.05, 0) is 24.6 Å². The number of nitrogens with zero attached hydrogens (tertiary/aromatic N) is 6. The van der Waals surface area contributed by atoms with Crippen LogP contribution in [0.15, 0.2) is 48.9 Å². The highest BCUT2D eigenvalue weighted by Gasteiger charge is 2.21. The molecule has 2 aromatic heterocycles. The van der Waals surface area contributed by atoms with Crippen LogP contribution in [0.3, 0.4) is 0 Å². The van der Waals surface area contributed by atoms with Gasteiger partial charge in [-0.1, -0.05) is 35.9 Å². The average molecular weight is 383 g/mol. The maximum atomic E-state index is 5.98. The molecular formula is C20H23ClN6. The van der Waals surface area contributed by atoms with Crippen molar-refractivity contribution in [1.82, 2.24) is 24.6 Å². The Morgan fingerprint density at radius 3 is 2.56 bits per heavy atom. The number of piperazine rings is 1. The molecule has 6 nitrogen and oxygen atoms in total. The van der Waals surface area contributed by atoms with Crippen LogP contribution in [-0.4, -0.2) is 57.4 Å². The summed E-state index contributed by atoms with van der Waals surface area (Å²) in [5, 5.41) is 6.29. The van der Waals surface area contributed by atoms with Crippen molar-refractivity contribution in [2.45, 2.75) is 13.5 Å². The van der Waals surface area contributed by atoms with E-state index in [1.165, 1.54) is 5.57 Å². The molecule has 4 rings (SSSR count). The fourth-order valence-electron chi connectivity index (χ4n) is 3.51. The second kappa shape index (κ2) is 7.66. The summed E-state index contributed by atoms with van der Waals surface area (Å²) in [6.07, 6.45) is 3.51. The first-order valence-electron chi connectivity index (χ1n) is 9.13. The van der Waals surface area contributed by atoms with E-state index in [0.29, 0.717) is 6.54 Å². The molecule has 0 aliphatic carbocycles. The second-order valence-corrected chi connectivity index (χ2v) is 7.52. The molecule has 0 bridgehead atoms. The summed E-state index contributed by atoms with van der Waals surface area (Å²) in [5.41, 5.74) is 3.20. The standard InChI is InChI=1S/C20H23ClN6/c1-15(2)12-25-7-9-26(10-8-25)19-18-11-24-27(20(18)23-14-22-19)13-16-3-5-17(21)6-4-16/h3-6,11,14H,1,7-10,12-13H2,2H3.